The topological polar surface area (TPSA) is 61.5 Å². The summed E-state index contributed by atoms with van der Waals surface area (Å²) in [4.78, 5) is 11.6. The number of hydrogen-bond donors (Lipinski definition) is 1. The van der Waals surface area contributed by atoms with Crippen LogP contribution in [0.25, 0.3) is 0 Å². The fourth-order valence-electron chi connectivity index (χ4n) is 2.05. The molecule has 0 aromatic heterocycles. The Kier molecular flexibility index (Phi) is 6.28. The molecule has 1 atom stereocenters. The van der Waals surface area contributed by atoms with Gasteiger partial charge in [0.1, 0.15) is 17.5 Å². The van der Waals surface area contributed by atoms with E-state index in [1.807, 2.05) is 18.2 Å². The van der Waals surface area contributed by atoms with Gasteiger partial charge in [-0.3, -0.25) is 4.79 Å². The van der Waals surface area contributed by atoms with Gasteiger partial charge in [-0.1, -0.05) is 35.3 Å². The molecule has 2 aromatic carbocycles. The maximum absolute atomic E-state index is 11.6. The van der Waals surface area contributed by atoms with E-state index in [2.05, 4.69) is 0 Å². The molecule has 0 saturated heterocycles. The second-order valence-corrected chi connectivity index (χ2v) is 5.79. The first-order valence-electron chi connectivity index (χ1n) is 7.13. The molecule has 6 heteroatoms. The second kappa shape index (κ2) is 8.20. The molecule has 0 bridgehead atoms. The van der Waals surface area contributed by atoms with Crippen molar-refractivity contribution in [3.8, 4) is 11.5 Å². The van der Waals surface area contributed by atoms with E-state index in [4.69, 9.17) is 38.4 Å². The van der Waals surface area contributed by atoms with Gasteiger partial charge >= 0.3 is 5.97 Å². The minimum atomic E-state index is -0.703. The summed E-state index contributed by atoms with van der Waals surface area (Å²) in [7, 11) is 0. The predicted octanol–water partition coefficient (Wildman–Crippen LogP) is 4.22. The van der Waals surface area contributed by atoms with Gasteiger partial charge in [0.2, 0.25) is 0 Å². The molecule has 0 heterocycles. The van der Waals surface area contributed by atoms with Crippen molar-refractivity contribution in [1.82, 2.24) is 0 Å². The van der Waals surface area contributed by atoms with Crippen molar-refractivity contribution >= 4 is 29.2 Å². The van der Waals surface area contributed by atoms with E-state index in [9.17, 15) is 4.79 Å². The zero-order valence-corrected chi connectivity index (χ0v) is 14.1. The maximum Gasteiger partial charge on any atom is 0.323 e. The number of nitrogens with two attached hydrogens (primary N) is 1. The summed E-state index contributed by atoms with van der Waals surface area (Å²) < 4.78 is 10.6. The van der Waals surface area contributed by atoms with Crippen LogP contribution < -0.4 is 10.5 Å². The van der Waals surface area contributed by atoms with Crippen LogP contribution in [-0.4, -0.2) is 18.6 Å². The van der Waals surface area contributed by atoms with Crippen LogP contribution in [0.3, 0.4) is 0 Å². The number of halogens is 2. The average Bonchev–Trinajstić information content (AvgIpc) is 2.46. The van der Waals surface area contributed by atoms with Gasteiger partial charge in [0.15, 0.2) is 0 Å². The first kappa shape index (κ1) is 17.6. The van der Waals surface area contributed by atoms with Gasteiger partial charge in [0.25, 0.3) is 0 Å². The third kappa shape index (κ3) is 5.43. The van der Waals surface area contributed by atoms with Crippen molar-refractivity contribution in [2.45, 2.75) is 19.4 Å². The van der Waals surface area contributed by atoms with E-state index < -0.39 is 12.0 Å². The van der Waals surface area contributed by atoms with Crippen LogP contribution in [0.1, 0.15) is 12.5 Å². The quantitative estimate of drug-likeness (QED) is 0.789. The number of carbonyl (C=O) groups excluding carboxylic acids is 1. The summed E-state index contributed by atoms with van der Waals surface area (Å²) in [6, 6.07) is 11.6. The molecule has 0 amide bonds. The molecule has 0 fully saturated rings. The van der Waals surface area contributed by atoms with Crippen LogP contribution >= 0.6 is 23.2 Å². The predicted molar refractivity (Wildman–Crippen MR) is 91.3 cm³/mol. The van der Waals surface area contributed by atoms with E-state index in [1.165, 1.54) is 0 Å². The van der Waals surface area contributed by atoms with Crippen LogP contribution in [0.5, 0.6) is 11.5 Å². The highest BCUT2D eigenvalue weighted by Gasteiger charge is 2.15. The summed E-state index contributed by atoms with van der Waals surface area (Å²) in [5.74, 6) is 0.728. The van der Waals surface area contributed by atoms with Gasteiger partial charge in [-0.25, -0.2) is 0 Å². The summed E-state index contributed by atoms with van der Waals surface area (Å²) in [5.41, 5.74) is 6.70. The normalized spacial score (nSPS) is 11.8. The number of hydrogen-bond acceptors (Lipinski definition) is 4. The van der Waals surface area contributed by atoms with Gasteiger partial charge in [-0.15, -0.1) is 0 Å². The molecule has 2 aromatic rings. The molecule has 0 aliphatic carbocycles. The Morgan fingerprint density at radius 1 is 1.13 bits per heavy atom. The number of carbonyl (C=O) groups is 1. The largest absolute Gasteiger partial charge is 0.465 e. The molecule has 4 nitrogen and oxygen atoms in total. The third-order valence-corrected chi connectivity index (χ3v) is 3.45. The molecule has 1 unspecified atom stereocenters. The molecule has 0 spiro atoms. The molecule has 0 aliphatic rings. The fraction of sp³-hybridized carbons (Fsp3) is 0.235. The average molecular weight is 354 g/mol. The lowest BCUT2D eigenvalue weighted by Crippen LogP contribution is -2.34. The lowest BCUT2D eigenvalue weighted by atomic mass is 10.1. The summed E-state index contributed by atoms with van der Waals surface area (Å²) in [6.45, 7) is 2.06. The number of esters is 1. The van der Waals surface area contributed by atoms with E-state index in [-0.39, 0.29) is 0 Å². The number of rotatable bonds is 6. The Hall–Kier alpha value is -1.75. The molecule has 0 saturated carbocycles. The van der Waals surface area contributed by atoms with Crippen LogP contribution in [-0.2, 0) is 16.0 Å². The van der Waals surface area contributed by atoms with E-state index >= 15 is 0 Å². The van der Waals surface area contributed by atoms with E-state index in [0.29, 0.717) is 34.6 Å². The van der Waals surface area contributed by atoms with Gasteiger partial charge in [0, 0.05) is 10.0 Å². The molecule has 0 aliphatic heterocycles. The minimum absolute atomic E-state index is 0.311. The monoisotopic (exact) mass is 353 g/mol. The Bertz CT molecular complexity index is 671. The standard InChI is InChI=1S/C17H17Cl2NO3/c1-2-22-17(21)16(20)7-11-4-3-5-14(6-11)23-15-9-12(18)8-13(19)10-15/h3-6,8-10,16H,2,7,20H2,1H3. The number of benzene rings is 2. The molecule has 2 rings (SSSR count). The van der Waals surface area contributed by atoms with Crippen molar-refractivity contribution in [2.75, 3.05) is 6.61 Å². The van der Waals surface area contributed by atoms with Crippen molar-refractivity contribution < 1.29 is 14.3 Å². The molecule has 0 radical (unpaired) electrons. The van der Waals surface area contributed by atoms with Crippen LogP contribution in [0.15, 0.2) is 42.5 Å². The number of ether oxygens (including phenoxy) is 2. The highest BCUT2D eigenvalue weighted by molar-refractivity contribution is 6.34. The molecule has 23 heavy (non-hydrogen) atoms. The van der Waals surface area contributed by atoms with Crippen LogP contribution in [0.4, 0.5) is 0 Å². The first-order valence-corrected chi connectivity index (χ1v) is 7.88. The van der Waals surface area contributed by atoms with Gasteiger partial charge in [-0.2, -0.15) is 0 Å². The van der Waals surface area contributed by atoms with Crippen LogP contribution in [0, 0.1) is 0 Å². The molecular formula is C17H17Cl2NO3. The second-order valence-electron chi connectivity index (χ2n) is 4.92. The Balaban J connectivity index is 2.09. The fourth-order valence-corrected chi connectivity index (χ4v) is 2.55. The molecule has 122 valence electrons. The van der Waals surface area contributed by atoms with Crippen molar-refractivity contribution in [1.29, 1.82) is 0 Å². The van der Waals surface area contributed by atoms with Crippen molar-refractivity contribution in [3.05, 3.63) is 58.1 Å². The zero-order chi connectivity index (χ0) is 16.8. The van der Waals surface area contributed by atoms with Gasteiger partial charge in [0.05, 0.1) is 6.61 Å². The summed E-state index contributed by atoms with van der Waals surface area (Å²) in [5, 5.41) is 0.987. The van der Waals surface area contributed by atoms with E-state index in [0.717, 1.165) is 5.56 Å². The smallest absolute Gasteiger partial charge is 0.323 e. The first-order chi connectivity index (χ1) is 11.0. The van der Waals surface area contributed by atoms with Crippen molar-refractivity contribution in [3.63, 3.8) is 0 Å². The Morgan fingerprint density at radius 2 is 1.83 bits per heavy atom. The van der Waals surface area contributed by atoms with Crippen molar-refractivity contribution in [2.24, 2.45) is 5.73 Å². The lowest BCUT2D eigenvalue weighted by Gasteiger charge is -2.12. The third-order valence-electron chi connectivity index (χ3n) is 3.02. The Labute approximate surface area is 145 Å². The minimum Gasteiger partial charge on any atom is -0.465 e. The molecular weight excluding hydrogens is 337 g/mol. The highest BCUT2D eigenvalue weighted by Crippen LogP contribution is 2.28. The van der Waals surface area contributed by atoms with Gasteiger partial charge in [-0.05, 0) is 49.2 Å². The summed E-state index contributed by atoms with van der Waals surface area (Å²) in [6.07, 6.45) is 0.367. The lowest BCUT2D eigenvalue weighted by molar-refractivity contribution is -0.144. The van der Waals surface area contributed by atoms with Gasteiger partial charge < -0.3 is 15.2 Å². The maximum atomic E-state index is 11.6. The SMILES string of the molecule is CCOC(=O)C(N)Cc1cccc(Oc2cc(Cl)cc(Cl)c2)c1. The zero-order valence-electron chi connectivity index (χ0n) is 12.6. The van der Waals surface area contributed by atoms with Crippen LogP contribution in [0.2, 0.25) is 10.0 Å². The summed E-state index contributed by atoms with van der Waals surface area (Å²) >= 11 is 11.9. The molecule has 2 N–H and O–H groups in total. The highest BCUT2D eigenvalue weighted by atomic mass is 35.5. The Morgan fingerprint density at radius 3 is 2.48 bits per heavy atom. The van der Waals surface area contributed by atoms with E-state index in [1.54, 1.807) is 31.2 Å².